The molecule has 0 aromatic heterocycles. The molecule has 0 saturated carbocycles. The Kier molecular flexibility index (Phi) is 7.09. The highest BCUT2D eigenvalue weighted by Gasteiger charge is 2.73. The van der Waals surface area contributed by atoms with Crippen molar-refractivity contribution in [3.05, 3.63) is 96.1 Å². The fourth-order valence-electron chi connectivity index (χ4n) is 6.99. The molecule has 0 bridgehead atoms. The molecule has 208 valence electrons. The first kappa shape index (κ1) is 26.8. The fourth-order valence-corrected chi connectivity index (χ4v) is 9.15. The van der Waals surface area contributed by atoms with Crippen molar-refractivity contribution < 1.29 is 19.5 Å². The average Bonchev–Trinajstić information content (AvgIpc) is 3.23. The number of nitrogens with zero attached hydrogens (tertiary/aromatic N) is 3. The predicted octanol–water partition coefficient (Wildman–Crippen LogP) is 3.25. The normalized spacial score (nSPS) is 31.2. The molecule has 4 aliphatic rings. The number of hydrogen-bond donors (Lipinski definition) is 1. The van der Waals surface area contributed by atoms with E-state index in [2.05, 4.69) is 12.2 Å². The van der Waals surface area contributed by atoms with Crippen LogP contribution >= 0.6 is 11.8 Å². The number of carbonyl (C=O) groups excluding carboxylic acids is 3. The predicted molar refractivity (Wildman–Crippen MR) is 155 cm³/mol. The molecule has 8 heteroatoms. The van der Waals surface area contributed by atoms with Gasteiger partial charge in [-0.3, -0.25) is 14.4 Å². The van der Waals surface area contributed by atoms with Gasteiger partial charge in [0.05, 0.1) is 16.6 Å². The van der Waals surface area contributed by atoms with Gasteiger partial charge < -0.3 is 19.8 Å². The van der Waals surface area contributed by atoms with Crippen molar-refractivity contribution >= 4 is 29.5 Å². The summed E-state index contributed by atoms with van der Waals surface area (Å²) in [5.41, 5.74) is 2.06. The zero-order valence-electron chi connectivity index (χ0n) is 22.7. The monoisotopic (exact) mass is 557 g/mol. The van der Waals surface area contributed by atoms with Crippen LogP contribution in [-0.4, -0.2) is 79.3 Å². The molecule has 0 aliphatic carbocycles. The van der Waals surface area contributed by atoms with E-state index in [-0.39, 0.29) is 30.9 Å². The first-order valence-electron chi connectivity index (χ1n) is 14.0. The topological polar surface area (TPSA) is 81.2 Å². The zero-order chi connectivity index (χ0) is 27.9. The molecule has 1 N–H and O–H groups in total. The summed E-state index contributed by atoms with van der Waals surface area (Å²) < 4.78 is -1.51. The largest absolute Gasteiger partial charge is 0.396 e. The van der Waals surface area contributed by atoms with E-state index < -0.39 is 27.4 Å². The van der Waals surface area contributed by atoms with E-state index in [9.17, 15) is 19.5 Å². The maximum atomic E-state index is 14.4. The molecule has 2 aromatic rings. The minimum Gasteiger partial charge on any atom is -0.396 e. The van der Waals surface area contributed by atoms with Crippen molar-refractivity contribution in [3.8, 4) is 0 Å². The Labute approximate surface area is 239 Å². The number of fused-ring (bicyclic) bond motifs is 2. The molecule has 6 rings (SSSR count). The maximum Gasteiger partial charge on any atom is 0.247 e. The van der Waals surface area contributed by atoms with Crippen molar-refractivity contribution in [1.29, 1.82) is 0 Å². The van der Waals surface area contributed by atoms with Gasteiger partial charge in [-0.05, 0) is 24.5 Å². The third kappa shape index (κ3) is 4.38. The second-order valence-corrected chi connectivity index (χ2v) is 13.1. The van der Waals surface area contributed by atoms with Gasteiger partial charge in [-0.15, -0.1) is 11.8 Å². The van der Waals surface area contributed by atoms with Gasteiger partial charge in [-0.2, -0.15) is 0 Å². The van der Waals surface area contributed by atoms with E-state index in [4.69, 9.17) is 0 Å². The third-order valence-corrected chi connectivity index (χ3v) is 10.5. The van der Waals surface area contributed by atoms with Crippen LogP contribution in [0.3, 0.4) is 0 Å². The number of thioether (sulfide) groups is 1. The van der Waals surface area contributed by atoms with Gasteiger partial charge in [0.1, 0.15) is 6.04 Å². The van der Waals surface area contributed by atoms with Gasteiger partial charge in [-0.25, -0.2) is 0 Å². The minimum absolute atomic E-state index is 0.0481. The number of aliphatic hydroxyl groups is 1. The molecule has 3 amide bonds. The van der Waals surface area contributed by atoms with Crippen LogP contribution in [0.4, 0.5) is 0 Å². The summed E-state index contributed by atoms with van der Waals surface area (Å²) in [5.74, 6) is -1.59. The summed E-state index contributed by atoms with van der Waals surface area (Å²) in [6.07, 6.45) is 8.56. The molecule has 5 atom stereocenters. The van der Waals surface area contributed by atoms with Crippen LogP contribution < -0.4 is 0 Å². The molecule has 7 nitrogen and oxygen atoms in total. The SMILES string of the molecule is C[C@@]12C=CCN(Cc3ccccc3)C(=O)[C@@H]1[C@H]1C(=O)N(CCCO)C3C(=O)N(Cc4ccccc4)CC=C[C@@]31S2. The Balaban J connectivity index is 1.39. The van der Waals surface area contributed by atoms with Crippen LogP contribution in [0.15, 0.2) is 85.0 Å². The Morgan fingerprint density at radius 2 is 1.38 bits per heavy atom. The summed E-state index contributed by atoms with van der Waals surface area (Å²) in [6, 6.07) is 19.0. The van der Waals surface area contributed by atoms with E-state index in [1.165, 1.54) is 0 Å². The van der Waals surface area contributed by atoms with Gasteiger partial charge in [0.15, 0.2) is 0 Å². The van der Waals surface area contributed by atoms with Crippen LogP contribution in [0, 0.1) is 11.8 Å². The van der Waals surface area contributed by atoms with Gasteiger partial charge in [0, 0.05) is 44.1 Å². The molecule has 4 heterocycles. The number of benzene rings is 2. The number of likely N-dealkylation sites (tertiary alicyclic amines) is 1. The lowest BCUT2D eigenvalue weighted by molar-refractivity contribution is -0.145. The Morgan fingerprint density at radius 3 is 1.98 bits per heavy atom. The van der Waals surface area contributed by atoms with Crippen LogP contribution in [0.25, 0.3) is 0 Å². The van der Waals surface area contributed by atoms with Gasteiger partial charge in [0.25, 0.3) is 0 Å². The van der Waals surface area contributed by atoms with E-state index in [1.807, 2.05) is 89.5 Å². The summed E-state index contributed by atoms with van der Waals surface area (Å²) in [7, 11) is 0. The number of aliphatic hydroxyl groups excluding tert-OH is 1. The van der Waals surface area contributed by atoms with Crippen LogP contribution in [-0.2, 0) is 27.5 Å². The summed E-state index contributed by atoms with van der Waals surface area (Å²) in [4.78, 5) is 48.3. The lowest BCUT2D eigenvalue weighted by Crippen LogP contribution is -2.53. The van der Waals surface area contributed by atoms with Crippen LogP contribution in [0.5, 0.6) is 0 Å². The molecule has 2 aromatic carbocycles. The van der Waals surface area contributed by atoms with Crippen molar-refractivity contribution in [1.82, 2.24) is 14.7 Å². The Morgan fingerprint density at radius 1 is 0.800 bits per heavy atom. The fraction of sp³-hybridized carbons (Fsp3) is 0.406. The van der Waals surface area contributed by atoms with Crippen LogP contribution in [0.1, 0.15) is 24.5 Å². The molecule has 1 unspecified atom stereocenters. The standard InChI is InChI=1S/C32H35N3O4S/c1-31-15-8-17-33(21-23-11-4-2-5-12-23)28(37)25(31)26-29(38)35(19-10-20-36)27-30(39)34(18-9-16-32(26,27)40-31)22-24-13-6-3-7-14-24/h2-9,11-16,25-27,36H,10,17-22H2,1H3/t25-,26-,27?,31+,32-/m0/s1. The highest BCUT2D eigenvalue weighted by atomic mass is 32.2. The smallest absolute Gasteiger partial charge is 0.247 e. The van der Waals surface area contributed by atoms with E-state index in [1.54, 1.807) is 16.7 Å². The van der Waals surface area contributed by atoms with Crippen molar-refractivity contribution in [2.24, 2.45) is 11.8 Å². The van der Waals surface area contributed by atoms with E-state index >= 15 is 0 Å². The molecule has 1 spiro atoms. The molecule has 2 fully saturated rings. The van der Waals surface area contributed by atoms with E-state index in [0.717, 1.165) is 11.1 Å². The first-order valence-corrected chi connectivity index (χ1v) is 14.8. The molecular weight excluding hydrogens is 522 g/mol. The molecular formula is C32H35N3O4S. The molecule has 4 aliphatic heterocycles. The lowest BCUT2D eigenvalue weighted by Gasteiger charge is -2.37. The summed E-state index contributed by atoms with van der Waals surface area (Å²) in [6.45, 7) is 4.07. The van der Waals surface area contributed by atoms with Gasteiger partial charge in [-0.1, -0.05) is 85.0 Å². The molecule has 2 saturated heterocycles. The zero-order valence-corrected chi connectivity index (χ0v) is 23.5. The number of carbonyl (C=O) groups is 3. The molecule has 40 heavy (non-hydrogen) atoms. The number of rotatable bonds is 7. The highest BCUT2D eigenvalue weighted by molar-refractivity contribution is 8.02. The summed E-state index contributed by atoms with van der Waals surface area (Å²) >= 11 is 1.60. The Bertz CT molecular complexity index is 1350. The number of amides is 3. The lowest BCUT2D eigenvalue weighted by atomic mass is 9.74. The van der Waals surface area contributed by atoms with Gasteiger partial charge in [0.2, 0.25) is 17.7 Å². The van der Waals surface area contributed by atoms with Crippen LogP contribution in [0.2, 0.25) is 0 Å². The highest BCUT2D eigenvalue weighted by Crippen LogP contribution is 2.65. The van der Waals surface area contributed by atoms with Gasteiger partial charge >= 0.3 is 0 Å². The van der Waals surface area contributed by atoms with Crippen molar-refractivity contribution in [2.45, 2.75) is 42.0 Å². The number of hydrogen-bond acceptors (Lipinski definition) is 5. The van der Waals surface area contributed by atoms with Crippen molar-refractivity contribution in [2.75, 3.05) is 26.2 Å². The van der Waals surface area contributed by atoms with E-state index in [0.29, 0.717) is 32.6 Å². The van der Waals surface area contributed by atoms with Crippen molar-refractivity contribution in [3.63, 3.8) is 0 Å². The maximum absolute atomic E-state index is 14.4. The average molecular weight is 558 g/mol. The summed E-state index contributed by atoms with van der Waals surface area (Å²) in [5, 5.41) is 9.64. The first-order chi connectivity index (χ1) is 19.4. The quantitative estimate of drug-likeness (QED) is 0.529. The Hall–Kier alpha value is -3.36. The second kappa shape index (κ2) is 10.6. The molecule has 0 radical (unpaired) electrons. The minimum atomic E-state index is -0.871. The third-order valence-electron chi connectivity index (χ3n) is 8.71. The second-order valence-electron chi connectivity index (χ2n) is 11.3.